The summed E-state index contributed by atoms with van der Waals surface area (Å²) in [7, 11) is 4.53. The molecule has 0 heterocycles. The molecule has 0 spiro atoms. The summed E-state index contributed by atoms with van der Waals surface area (Å²) in [6.45, 7) is -0.446. The Hall–Kier alpha value is -1.60. The van der Waals surface area contributed by atoms with E-state index in [0.29, 0.717) is 29.2 Å². The van der Waals surface area contributed by atoms with Crippen molar-refractivity contribution in [2.24, 2.45) is 5.73 Å². The normalized spacial score (nSPS) is 12.3. The molecule has 0 aliphatic carbocycles. The van der Waals surface area contributed by atoms with Gasteiger partial charge >= 0.3 is 0 Å². The molecule has 0 aliphatic rings. The first-order valence-electron chi connectivity index (χ1n) is 6.45. The number of nitrogens with two attached hydrogens (primary N) is 1. The second-order valence-electron chi connectivity index (χ2n) is 4.28. The maximum atomic E-state index is 12.0. The van der Waals surface area contributed by atoms with Crippen molar-refractivity contribution in [3.8, 4) is 17.2 Å². The molecule has 0 aliphatic heterocycles. The molecular weight excluding hydrogens is 284 g/mol. The van der Waals surface area contributed by atoms with E-state index in [-0.39, 0.29) is 6.61 Å². The summed E-state index contributed by atoms with van der Waals surface area (Å²) >= 11 is 0. The number of halogens is 2. The van der Waals surface area contributed by atoms with E-state index in [1.54, 1.807) is 12.1 Å². The van der Waals surface area contributed by atoms with Crippen molar-refractivity contribution in [1.29, 1.82) is 0 Å². The van der Waals surface area contributed by atoms with Gasteiger partial charge in [-0.25, -0.2) is 8.78 Å². The van der Waals surface area contributed by atoms with E-state index in [2.05, 4.69) is 0 Å². The van der Waals surface area contributed by atoms with Crippen molar-refractivity contribution in [2.75, 3.05) is 34.5 Å². The lowest BCUT2D eigenvalue weighted by atomic mass is 10.0. The van der Waals surface area contributed by atoms with E-state index in [9.17, 15) is 8.78 Å². The zero-order valence-corrected chi connectivity index (χ0v) is 12.4. The smallest absolute Gasteiger partial charge is 0.261 e. The molecule has 0 amide bonds. The molecule has 5 nitrogen and oxygen atoms in total. The van der Waals surface area contributed by atoms with Gasteiger partial charge in [-0.1, -0.05) is 0 Å². The van der Waals surface area contributed by atoms with Crippen molar-refractivity contribution in [1.82, 2.24) is 0 Å². The Balaban J connectivity index is 2.81. The average Bonchev–Trinajstić information content (AvgIpc) is 2.49. The fourth-order valence-electron chi connectivity index (χ4n) is 1.95. The van der Waals surface area contributed by atoms with E-state index in [4.69, 9.17) is 24.7 Å². The van der Waals surface area contributed by atoms with Gasteiger partial charge in [0.2, 0.25) is 5.75 Å². The number of hydrogen-bond acceptors (Lipinski definition) is 5. The van der Waals surface area contributed by atoms with Crippen LogP contribution in [-0.4, -0.2) is 41.0 Å². The molecule has 120 valence electrons. The van der Waals surface area contributed by atoms with Gasteiger partial charge in [-0.15, -0.1) is 0 Å². The molecule has 0 saturated heterocycles. The Morgan fingerprint density at radius 3 is 2.24 bits per heavy atom. The second-order valence-corrected chi connectivity index (χ2v) is 4.28. The van der Waals surface area contributed by atoms with E-state index in [1.165, 1.54) is 21.3 Å². The number of ether oxygens (including phenoxy) is 4. The third-order valence-corrected chi connectivity index (χ3v) is 2.95. The van der Waals surface area contributed by atoms with Gasteiger partial charge in [0, 0.05) is 18.2 Å². The van der Waals surface area contributed by atoms with Crippen LogP contribution in [0.15, 0.2) is 12.1 Å². The van der Waals surface area contributed by atoms with Gasteiger partial charge in [0.1, 0.15) is 6.61 Å². The molecule has 1 rings (SSSR count). The summed E-state index contributed by atoms with van der Waals surface area (Å²) in [4.78, 5) is 0. The predicted octanol–water partition coefficient (Wildman–Crippen LogP) is 2.38. The van der Waals surface area contributed by atoms with E-state index in [0.717, 1.165) is 0 Å². The van der Waals surface area contributed by atoms with Gasteiger partial charge in [-0.05, 0) is 18.6 Å². The second kappa shape index (κ2) is 8.63. The first-order valence-corrected chi connectivity index (χ1v) is 6.45. The van der Waals surface area contributed by atoms with Crippen molar-refractivity contribution >= 4 is 0 Å². The van der Waals surface area contributed by atoms with Gasteiger partial charge in [0.15, 0.2) is 11.5 Å². The fourth-order valence-corrected chi connectivity index (χ4v) is 1.95. The first kappa shape index (κ1) is 17.5. The third kappa shape index (κ3) is 4.71. The van der Waals surface area contributed by atoms with Crippen molar-refractivity contribution < 1.29 is 27.7 Å². The molecule has 0 fully saturated rings. The lowest BCUT2D eigenvalue weighted by Crippen LogP contribution is -2.16. The predicted molar refractivity (Wildman–Crippen MR) is 74.5 cm³/mol. The summed E-state index contributed by atoms with van der Waals surface area (Å²) in [5.74, 6) is 1.44. The van der Waals surface area contributed by atoms with E-state index < -0.39 is 19.1 Å². The quantitative estimate of drug-likeness (QED) is 0.710. The van der Waals surface area contributed by atoms with Gasteiger partial charge in [0.05, 0.1) is 21.3 Å². The van der Waals surface area contributed by atoms with Gasteiger partial charge in [-0.2, -0.15) is 0 Å². The van der Waals surface area contributed by atoms with Crippen LogP contribution in [0.5, 0.6) is 17.2 Å². The van der Waals surface area contributed by atoms with Crippen LogP contribution in [0.2, 0.25) is 0 Å². The minimum absolute atomic E-state index is 0.142. The Morgan fingerprint density at radius 2 is 1.71 bits per heavy atom. The molecule has 1 aromatic rings. The maximum Gasteiger partial charge on any atom is 0.261 e. The molecule has 0 aromatic heterocycles. The molecule has 1 atom stereocenters. The van der Waals surface area contributed by atoms with Gasteiger partial charge < -0.3 is 24.7 Å². The Morgan fingerprint density at radius 1 is 1.05 bits per heavy atom. The number of rotatable bonds is 9. The van der Waals surface area contributed by atoms with Crippen LogP contribution in [-0.2, 0) is 4.74 Å². The summed E-state index contributed by atoms with van der Waals surface area (Å²) in [6, 6.07) is 3.06. The van der Waals surface area contributed by atoms with Crippen LogP contribution in [0.3, 0.4) is 0 Å². The lowest BCUT2D eigenvalue weighted by molar-refractivity contribution is 0.0152. The summed E-state index contributed by atoms with van der Waals surface area (Å²) in [5.41, 5.74) is 6.76. The molecule has 0 radical (unpaired) electrons. The summed E-state index contributed by atoms with van der Waals surface area (Å²) < 4.78 is 44.6. The van der Waals surface area contributed by atoms with Gasteiger partial charge in [0.25, 0.3) is 6.43 Å². The molecule has 0 bridgehead atoms. The van der Waals surface area contributed by atoms with Crippen LogP contribution in [0.4, 0.5) is 8.78 Å². The molecular formula is C14H21F2NO4. The number of benzene rings is 1. The summed E-state index contributed by atoms with van der Waals surface area (Å²) in [6.07, 6.45) is -2.09. The highest BCUT2D eigenvalue weighted by atomic mass is 19.3. The molecule has 7 heteroatoms. The number of alkyl halides is 2. The number of methoxy groups -OCH3 is 3. The molecule has 1 aromatic carbocycles. The third-order valence-electron chi connectivity index (χ3n) is 2.95. The van der Waals surface area contributed by atoms with Crippen LogP contribution >= 0.6 is 0 Å². The fraction of sp³-hybridized carbons (Fsp3) is 0.571. The summed E-state index contributed by atoms with van der Waals surface area (Å²) in [5, 5.41) is 0. The molecule has 2 N–H and O–H groups in total. The van der Waals surface area contributed by atoms with Crippen LogP contribution in [0, 0.1) is 0 Å². The van der Waals surface area contributed by atoms with Crippen molar-refractivity contribution in [3.05, 3.63) is 17.7 Å². The van der Waals surface area contributed by atoms with Crippen LogP contribution < -0.4 is 19.9 Å². The van der Waals surface area contributed by atoms with E-state index >= 15 is 0 Å². The highest BCUT2D eigenvalue weighted by molar-refractivity contribution is 5.56. The Kier molecular flexibility index (Phi) is 7.18. The van der Waals surface area contributed by atoms with Gasteiger partial charge in [-0.3, -0.25) is 0 Å². The zero-order chi connectivity index (χ0) is 15.8. The van der Waals surface area contributed by atoms with Crippen LogP contribution in [0.1, 0.15) is 18.0 Å². The van der Waals surface area contributed by atoms with E-state index in [1.807, 2.05) is 0 Å². The number of hydrogen-bond donors (Lipinski definition) is 1. The Bertz CT molecular complexity index is 443. The minimum Gasteiger partial charge on any atom is -0.493 e. The SMILES string of the molecule is COc1ccc(C(N)CCOCC(F)F)c(OC)c1OC. The minimum atomic E-state index is -2.48. The lowest BCUT2D eigenvalue weighted by Gasteiger charge is -2.19. The van der Waals surface area contributed by atoms with Crippen molar-refractivity contribution in [2.45, 2.75) is 18.9 Å². The molecule has 1 unspecified atom stereocenters. The monoisotopic (exact) mass is 305 g/mol. The van der Waals surface area contributed by atoms with Crippen molar-refractivity contribution in [3.63, 3.8) is 0 Å². The standard InChI is InChI=1S/C14H21F2NO4/c1-18-11-5-4-9(13(19-2)14(11)20-3)10(17)6-7-21-8-12(15)16/h4-5,10,12H,6-8,17H2,1-3H3. The zero-order valence-electron chi connectivity index (χ0n) is 12.4. The Labute approximate surface area is 122 Å². The molecule has 21 heavy (non-hydrogen) atoms. The maximum absolute atomic E-state index is 12.0. The average molecular weight is 305 g/mol. The first-order chi connectivity index (χ1) is 10.0. The van der Waals surface area contributed by atoms with Crippen LogP contribution in [0.25, 0.3) is 0 Å². The largest absolute Gasteiger partial charge is 0.493 e. The molecule has 0 saturated carbocycles. The highest BCUT2D eigenvalue weighted by Crippen LogP contribution is 2.42. The highest BCUT2D eigenvalue weighted by Gasteiger charge is 2.20. The topological polar surface area (TPSA) is 62.9 Å².